The topological polar surface area (TPSA) is 15.3 Å². The molecule has 1 atom stereocenters. The van der Waals surface area contributed by atoms with Crippen LogP contribution in [-0.2, 0) is 0 Å². The van der Waals surface area contributed by atoms with Gasteiger partial charge in [0, 0.05) is 18.6 Å². The summed E-state index contributed by atoms with van der Waals surface area (Å²) in [6.45, 7) is 6.87. The van der Waals surface area contributed by atoms with Crippen LogP contribution < -0.4 is 5.32 Å². The molecule has 1 saturated heterocycles. The van der Waals surface area contributed by atoms with Crippen LogP contribution in [0.2, 0.25) is 0 Å². The van der Waals surface area contributed by atoms with E-state index >= 15 is 0 Å². The van der Waals surface area contributed by atoms with Crippen LogP contribution in [0, 0.1) is 0 Å². The zero-order chi connectivity index (χ0) is 7.56. The molecule has 0 amide bonds. The van der Waals surface area contributed by atoms with Gasteiger partial charge < -0.3 is 5.32 Å². The molecule has 1 heterocycles. The van der Waals surface area contributed by atoms with Gasteiger partial charge in [0.25, 0.3) is 0 Å². The SMILES string of the molecule is CC(C)N(C)[C@@H]1CCNC1.Cl. The number of likely N-dealkylation sites (N-methyl/N-ethyl adjacent to an activating group) is 1. The minimum Gasteiger partial charge on any atom is -0.315 e. The lowest BCUT2D eigenvalue weighted by atomic mass is 10.2. The van der Waals surface area contributed by atoms with Gasteiger partial charge in [0.15, 0.2) is 0 Å². The monoisotopic (exact) mass is 178 g/mol. The molecule has 11 heavy (non-hydrogen) atoms. The van der Waals surface area contributed by atoms with Gasteiger partial charge >= 0.3 is 0 Å². The molecule has 0 bridgehead atoms. The summed E-state index contributed by atoms with van der Waals surface area (Å²) in [4.78, 5) is 2.44. The highest BCUT2D eigenvalue weighted by Gasteiger charge is 2.20. The van der Waals surface area contributed by atoms with Gasteiger partial charge in [0.1, 0.15) is 0 Å². The fourth-order valence-electron chi connectivity index (χ4n) is 1.41. The third-order valence-corrected chi connectivity index (χ3v) is 2.42. The smallest absolute Gasteiger partial charge is 0.0232 e. The van der Waals surface area contributed by atoms with Crippen molar-refractivity contribution in [2.24, 2.45) is 0 Å². The first-order valence-electron chi connectivity index (χ1n) is 4.14. The highest BCUT2D eigenvalue weighted by atomic mass is 35.5. The van der Waals surface area contributed by atoms with Gasteiger partial charge in [-0.25, -0.2) is 0 Å². The van der Waals surface area contributed by atoms with Crippen LogP contribution in [-0.4, -0.2) is 37.1 Å². The maximum absolute atomic E-state index is 3.37. The summed E-state index contributed by atoms with van der Waals surface area (Å²) in [5, 5.41) is 3.37. The minimum absolute atomic E-state index is 0. The maximum atomic E-state index is 3.37. The molecule has 1 fully saturated rings. The molecule has 1 N–H and O–H groups in total. The number of rotatable bonds is 2. The van der Waals surface area contributed by atoms with Gasteiger partial charge in [-0.05, 0) is 33.9 Å². The molecule has 0 unspecified atom stereocenters. The molecule has 0 aliphatic carbocycles. The van der Waals surface area contributed by atoms with E-state index in [0.29, 0.717) is 6.04 Å². The third kappa shape index (κ3) is 2.97. The molecule has 0 saturated carbocycles. The van der Waals surface area contributed by atoms with E-state index in [1.165, 1.54) is 19.5 Å². The largest absolute Gasteiger partial charge is 0.315 e. The number of hydrogen-bond acceptors (Lipinski definition) is 2. The Kier molecular flexibility index (Phi) is 5.06. The van der Waals surface area contributed by atoms with Gasteiger partial charge in [-0.1, -0.05) is 0 Å². The zero-order valence-electron chi connectivity index (χ0n) is 7.63. The van der Waals surface area contributed by atoms with Gasteiger partial charge in [-0.15, -0.1) is 12.4 Å². The Bertz CT molecular complexity index is 100. The van der Waals surface area contributed by atoms with Crippen molar-refractivity contribution in [1.82, 2.24) is 10.2 Å². The number of nitrogens with one attached hydrogen (secondary N) is 1. The fourth-order valence-corrected chi connectivity index (χ4v) is 1.41. The van der Waals surface area contributed by atoms with Crippen molar-refractivity contribution in [1.29, 1.82) is 0 Å². The second-order valence-corrected chi connectivity index (χ2v) is 3.41. The molecular weight excluding hydrogens is 160 g/mol. The van der Waals surface area contributed by atoms with E-state index in [-0.39, 0.29) is 12.4 Å². The normalized spacial score (nSPS) is 24.3. The molecule has 0 spiro atoms. The summed E-state index contributed by atoms with van der Waals surface area (Å²) in [5.74, 6) is 0. The average Bonchev–Trinajstić information content (AvgIpc) is 2.36. The van der Waals surface area contributed by atoms with Crippen LogP contribution >= 0.6 is 12.4 Å². The molecule has 1 rings (SSSR count). The highest BCUT2D eigenvalue weighted by molar-refractivity contribution is 5.85. The van der Waals surface area contributed by atoms with Crippen LogP contribution in [0.15, 0.2) is 0 Å². The predicted molar refractivity (Wildman–Crippen MR) is 51.4 cm³/mol. The Hall–Kier alpha value is 0.210. The molecule has 68 valence electrons. The fraction of sp³-hybridized carbons (Fsp3) is 1.00. The van der Waals surface area contributed by atoms with Crippen LogP contribution in [0.3, 0.4) is 0 Å². The molecule has 0 aromatic heterocycles. The summed E-state index contributed by atoms with van der Waals surface area (Å²) < 4.78 is 0. The molecular formula is C8H19ClN2. The standard InChI is InChI=1S/C8H18N2.ClH/c1-7(2)10(3)8-4-5-9-6-8;/h7-9H,4-6H2,1-3H3;1H/t8-;/m1./s1. The molecule has 0 radical (unpaired) electrons. The van der Waals surface area contributed by atoms with E-state index in [0.717, 1.165) is 6.04 Å². The highest BCUT2D eigenvalue weighted by Crippen LogP contribution is 2.08. The summed E-state index contributed by atoms with van der Waals surface area (Å²) in [5.41, 5.74) is 0. The van der Waals surface area contributed by atoms with E-state index in [9.17, 15) is 0 Å². The number of hydrogen-bond donors (Lipinski definition) is 1. The van der Waals surface area contributed by atoms with Crippen molar-refractivity contribution in [2.75, 3.05) is 20.1 Å². The van der Waals surface area contributed by atoms with Crippen LogP contribution in [0.25, 0.3) is 0 Å². The minimum atomic E-state index is 0. The third-order valence-electron chi connectivity index (χ3n) is 2.42. The number of halogens is 1. The first-order chi connectivity index (χ1) is 4.72. The van der Waals surface area contributed by atoms with E-state index in [2.05, 4.69) is 31.1 Å². The summed E-state index contributed by atoms with van der Waals surface area (Å²) in [7, 11) is 2.21. The Balaban J connectivity index is 0.000001000. The van der Waals surface area contributed by atoms with Gasteiger partial charge in [0.05, 0.1) is 0 Å². The van der Waals surface area contributed by atoms with Crippen molar-refractivity contribution in [3.8, 4) is 0 Å². The van der Waals surface area contributed by atoms with Gasteiger partial charge in [-0.3, -0.25) is 4.90 Å². The Morgan fingerprint density at radius 3 is 2.45 bits per heavy atom. The van der Waals surface area contributed by atoms with Crippen molar-refractivity contribution in [2.45, 2.75) is 32.4 Å². The van der Waals surface area contributed by atoms with E-state index < -0.39 is 0 Å². The van der Waals surface area contributed by atoms with E-state index in [1.807, 2.05) is 0 Å². The van der Waals surface area contributed by atoms with Crippen molar-refractivity contribution < 1.29 is 0 Å². The summed E-state index contributed by atoms with van der Waals surface area (Å²) in [6, 6.07) is 1.46. The molecule has 0 aromatic rings. The summed E-state index contributed by atoms with van der Waals surface area (Å²) in [6.07, 6.45) is 1.31. The molecule has 1 aliphatic heterocycles. The van der Waals surface area contributed by atoms with E-state index in [4.69, 9.17) is 0 Å². The van der Waals surface area contributed by atoms with Crippen LogP contribution in [0.1, 0.15) is 20.3 Å². The molecule has 0 aromatic carbocycles. The quantitative estimate of drug-likeness (QED) is 0.682. The number of nitrogens with zero attached hydrogens (tertiary/aromatic N) is 1. The lowest BCUT2D eigenvalue weighted by Crippen LogP contribution is -2.38. The average molecular weight is 179 g/mol. The Labute approximate surface area is 75.8 Å². The molecule has 3 heteroatoms. The van der Waals surface area contributed by atoms with Gasteiger partial charge in [-0.2, -0.15) is 0 Å². The Morgan fingerprint density at radius 1 is 1.45 bits per heavy atom. The van der Waals surface area contributed by atoms with E-state index in [1.54, 1.807) is 0 Å². The lowest BCUT2D eigenvalue weighted by Gasteiger charge is -2.27. The zero-order valence-corrected chi connectivity index (χ0v) is 8.45. The lowest BCUT2D eigenvalue weighted by molar-refractivity contribution is 0.208. The first kappa shape index (κ1) is 11.2. The molecule has 2 nitrogen and oxygen atoms in total. The van der Waals surface area contributed by atoms with Crippen molar-refractivity contribution in [3.05, 3.63) is 0 Å². The van der Waals surface area contributed by atoms with Crippen LogP contribution in [0.5, 0.6) is 0 Å². The predicted octanol–water partition coefficient (Wildman–Crippen LogP) is 1.11. The molecule has 1 aliphatic rings. The summed E-state index contributed by atoms with van der Waals surface area (Å²) >= 11 is 0. The Morgan fingerprint density at radius 2 is 2.09 bits per heavy atom. The second kappa shape index (κ2) is 4.96. The van der Waals surface area contributed by atoms with Crippen LogP contribution in [0.4, 0.5) is 0 Å². The first-order valence-corrected chi connectivity index (χ1v) is 4.14. The van der Waals surface area contributed by atoms with Crippen molar-refractivity contribution >= 4 is 12.4 Å². The maximum Gasteiger partial charge on any atom is 0.0232 e. The van der Waals surface area contributed by atoms with Gasteiger partial charge in [0.2, 0.25) is 0 Å². The van der Waals surface area contributed by atoms with Crippen molar-refractivity contribution in [3.63, 3.8) is 0 Å². The second-order valence-electron chi connectivity index (χ2n) is 3.41.